The third-order valence-electron chi connectivity index (χ3n) is 27.2. The third-order valence-corrected chi connectivity index (χ3v) is 48.7. The molecule has 0 N–H and O–H groups in total. The van der Waals surface area contributed by atoms with Crippen molar-refractivity contribution in [2.45, 2.75) is 352 Å². The predicted octanol–water partition coefficient (Wildman–Crippen LogP) is 42.1. The zero-order valence-corrected chi connectivity index (χ0v) is 98.3. The number of aryl methyl sites for hydroxylation is 13. The third kappa shape index (κ3) is 26.8. The molecule has 0 atom stereocenters. The van der Waals surface area contributed by atoms with Crippen molar-refractivity contribution in [1.82, 2.24) is 17.5 Å². The first-order valence-corrected chi connectivity index (χ1v) is 71.7. The molecule has 4 nitrogen and oxygen atoms in total. The Balaban J connectivity index is 0.000000155. The normalized spacial score (nSPS) is 12.2. The van der Waals surface area contributed by atoms with Gasteiger partial charge in [-0.2, -0.15) is 17.5 Å². The van der Waals surface area contributed by atoms with Crippen LogP contribution in [0.5, 0.6) is 0 Å². The fourth-order valence-electron chi connectivity index (χ4n) is 19.1. The zero-order chi connectivity index (χ0) is 95.7. The van der Waals surface area contributed by atoms with Crippen molar-refractivity contribution in [3.8, 4) is 51.5 Å². The maximum atomic E-state index is 4.98. The van der Waals surface area contributed by atoms with Gasteiger partial charge in [-0.3, -0.25) is 0 Å². The molecule has 135 heavy (non-hydrogen) atoms. The summed E-state index contributed by atoms with van der Waals surface area (Å²) in [7, 11) is 0. The van der Waals surface area contributed by atoms with Gasteiger partial charge in [0.25, 0.3) is 0 Å². The number of benzene rings is 5. The summed E-state index contributed by atoms with van der Waals surface area (Å²) in [6, 6.07) is 33.8. The summed E-state index contributed by atoms with van der Waals surface area (Å²) in [5.41, 5.74) is 24.8. The number of fused-ring (bicyclic) bond motifs is 8. The molecule has 5 aromatic carbocycles. The summed E-state index contributed by atoms with van der Waals surface area (Å²) in [5, 5.41) is 18.5. The van der Waals surface area contributed by atoms with E-state index in [0.717, 1.165) is 65.0 Å². The number of hydrogen-bond donors (Lipinski definition) is 0. The number of thiophene rings is 10. The van der Waals surface area contributed by atoms with Crippen LogP contribution in [0.25, 0.3) is 134 Å². The van der Waals surface area contributed by atoms with Crippen LogP contribution in [0, 0.1) is 56.3 Å². The van der Waals surface area contributed by atoms with Crippen LogP contribution in [0.4, 0.5) is 0 Å². The van der Waals surface area contributed by atoms with E-state index < -0.39 is 18.4 Å². The summed E-state index contributed by atoms with van der Waals surface area (Å²) in [6.45, 7) is 44.2. The molecule has 0 saturated carbocycles. The SMILES string of the molecule is CC(C)CCc1c2ccsc2c(CCC(C)C)c2ccsc12.CCCCCCc1cc(-c2ccc(-c3cc(CCCCCC)c(-c4cc5c(CCC(C)C)c6sc(C)cc6c(CCC(C)C)c5s4)s3)c3nsnc23)sc1C.CCCCCCc1csc(-c2ccc(-c3cc(CCCCCC)cs3)c3nsnc23)c1.Cc1cc2c(CCC(C)C)c3s[c]([Sn]([CH3])([CH3])[CH3])cc3c(CCC(C)C)c2s1. The molecule has 0 bridgehead atoms. The first kappa shape index (κ1) is 106. The van der Waals surface area contributed by atoms with E-state index in [1.807, 2.05) is 90.7 Å². The molecule has 0 saturated heterocycles. The zero-order valence-electron chi connectivity index (χ0n) is 85.7. The second kappa shape index (κ2) is 50.4. The van der Waals surface area contributed by atoms with Gasteiger partial charge in [-0.05, 0) is 276 Å². The number of nitrogens with zero attached hydrogens (tertiary/aromatic N) is 4. The quantitative estimate of drug-likeness (QED) is 0.0282. The van der Waals surface area contributed by atoms with Gasteiger partial charge in [0, 0.05) is 80.1 Å². The molecule has 0 spiro atoms. The molecule has 0 radical (unpaired) electrons. The molecule has 0 unspecified atom stereocenters. The van der Waals surface area contributed by atoms with Crippen LogP contribution < -0.4 is 2.89 Å². The number of unbranched alkanes of at least 4 members (excludes halogenated alkanes) is 12. The standard InChI is InChI=1S/C48H60N2S5.C26H32N2S3.C21H27S2.C20H26S2.3CH3.Sn/c1-9-11-13-15-17-33-26-41(52-32(33)8)37-23-24-38(45-44(37)49-55-50-45)42-27-34(18-16-14-12-10-2)46(53-42)43-28-40-36(22-20-30(5)6)47-39(25-31(7)51-47)35(48(40)54-43)21-19-29(3)4;1-3-5-7-9-11-19-15-23(29-17-19)21-13-14-22(26-25(21)27-31-28-26)24-16-20(18-30-24)12-10-8-6-4-2;1-13(2)6-8-16-18-10-11-22-20(18)17(9-7-14(3)4)19-12-15(5)23-21(16)19;1-13(2)5-7-15-17-9-11-22-20(17)16(8-6-14(3)4)18-10-12-21-19(15)18;;;;/h23-30H,9-22H2,1-8H3;13-18H,3-12H2,1-2H3;10,12-14H,6-9H2,1-5H3;9-14H,5-8H2,1-4H3;3*1H3;. The van der Waals surface area contributed by atoms with Crippen LogP contribution in [-0.4, -0.2) is 35.9 Å². The Bertz CT molecular complexity index is 6320. The summed E-state index contributed by atoms with van der Waals surface area (Å²) in [4.78, 5) is 20.3. The second-order valence-corrected chi connectivity index (χ2v) is 69.3. The van der Waals surface area contributed by atoms with E-state index in [-0.39, 0.29) is 0 Å². The molecule has 12 aromatic heterocycles. The molecule has 17 heteroatoms. The molecule has 12 heterocycles. The Morgan fingerprint density at radius 1 is 0.281 bits per heavy atom. The van der Waals surface area contributed by atoms with Crippen molar-refractivity contribution in [2.24, 2.45) is 35.5 Å². The van der Waals surface area contributed by atoms with Crippen molar-refractivity contribution in [3.05, 3.63) is 177 Å². The second-order valence-electron chi connectivity index (χ2n) is 42.2. The fraction of sp³-hybridized carbons (Fsp3) is 0.508. The van der Waals surface area contributed by atoms with Gasteiger partial charge < -0.3 is 0 Å². The summed E-state index contributed by atoms with van der Waals surface area (Å²) >= 11 is 20.4. The van der Waals surface area contributed by atoms with E-state index in [0.29, 0.717) is 11.8 Å². The van der Waals surface area contributed by atoms with Gasteiger partial charge in [0.05, 0.1) is 23.5 Å². The van der Waals surface area contributed by atoms with Gasteiger partial charge in [0.1, 0.15) is 22.1 Å². The van der Waals surface area contributed by atoms with Crippen LogP contribution in [0.1, 0.15) is 322 Å². The molecule has 722 valence electrons. The van der Waals surface area contributed by atoms with Crippen LogP contribution in [-0.2, 0) is 64.2 Å². The molecule has 0 amide bonds. The van der Waals surface area contributed by atoms with Gasteiger partial charge >= 0.3 is 179 Å². The summed E-state index contributed by atoms with van der Waals surface area (Å²) in [5.74, 6) is 4.43. The van der Waals surface area contributed by atoms with Gasteiger partial charge in [0.15, 0.2) is 0 Å². The van der Waals surface area contributed by atoms with Crippen LogP contribution >= 0.6 is 137 Å². The number of hydrogen-bond acceptors (Lipinski definition) is 16. The molecular weight excluding hydrogens is 1980 g/mol. The summed E-state index contributed by atoms with van der Waals surface area (Å²) in [6.07, 6.45) is 40.2. The topological polar surface area (TPSA) is 51.6 Å². The Morgan fingerprint density at radius 3 is 1.00 bits per heavy atom. The summed E-state index contributed by atoms with van der Waals surface area (Å²) < 4.78 is 30.5. The first-order chi connectivity index (χ1) is 65.1. The Kier molecular flexibility index (Phi) is 39.5. The van der Waals surface area contributed by atoms with Crippen molar-refractivity contribution >= 4 is 241 Å². The van der Waals surface area contributed by atoms with Gasteiger partial charge in [-0.25, -0.2) is 0 Å². The first-order valence-electron chi connectivity index (χ1n) is 51.8. The molecule has 17 aromatic rings. The van der Waals surface area contributed by atoms with E-state index in [9.17, 15) is 0 Å². The van der Waals surface area contributed by atoms with Crippen LogP contribution in [0.15, 0.2) is 106 Å². The van der Waals surface area contributed by atoms with Crippen LogP contribution in [0.2, 0.25) is 14.8 Å². The van der Waals surface area contributed by atoms with Crippen molar-refractivity contribution in [1.29, 1.82) is 0 Å². The monoisotopic (exact) mass is 2130 g/mol. The van der Waals surface area contributed by atoms with Gasteiger partial charge in [-0.1, -0.05) is 184 Å². The Hall–Kier alpha value is -4.90. The van der Waals surface area contributed by atoms with Crippen molar-refractivity contribution < 1.29 is 0 Å². The molecule has 0 fully saturated rings. The molecule has 17 rings (SSSR count). The van der Waals surface area contributed by atoms with Gasteiger partial charge in [0.2, 0.25) is 0 Å². The Morgan fingerprint density at radius 2 is 0.615 bits per heavy atom. The number of rotatable bonds is 44. The van der Waals surface area contributed by atoms with E-state index in [4.69, 9.17) is 17.5 Å². The molecule has 0 aliphatic carbocycles. The molecule has 0 aliphatic rings. The van der Waals surface area contributed by atoms with E-state index in [2.05, 4.69) is 275 Å². The Labute approximate surface area is 864 Å². The average molecular weight is 2130 g/mol. The van der Waals surface area contributed by atoms with Gasteiger partial charge in [-0.15, -0.1) is 90.7 Å². The maximum absolute atomic E-state index is 4.98. The number of aromatic nitrogens is 4. The minimum atomic E-state index is -2.07. The fourth-order valence-corrected chi connectivity index (χ4v) is 36.7. The minimum absolute atomic E-state index is 0.685. The molecule has 0 aliphatic heterocycles. The van der Waals surface area contributed by atoms with Crippen LogP contribution in [0.3, 0.4) is 0 Å². The van der Waals surface area contributed by atoms with E-state index in [1.54, 1.807) is 70.5 Å². The predicted molar refractivity (Wildman–Crippen MR) is 626 cm³/mol. The van der Waals surface area contributed by atoms with Crippen molar-refractivity contribution in [3.63, 3.8) is 0 Å². The van der Waals surface area contributed by atoms with E-state index in [1.165, 1.54) is 324 Å². The average Bonchev–Trinajstić information content (AvgIpc) is 1.59. The van der Waals surface area contributed by atoms with E-state index >= 15 is 0 Å². The molecular formula is C118H154N4S12Sn. The van der Waals surface area contributed by atoms with Crippen molar-refractivity contribution in [2.75, 3.05) is 0 Å².